The number of nitrogens with zero attached hydrogens (tertiary/aromatic N) is 7. The van der Waals surface area contributed by atoms with Gasteiger partial charge >= 0.3 is 12.1 Å². The Balaban J connectivity index is 0.895. The van der Waals surface area contributed by atoms with E-state index in [4.69, 9.17) is 4.74 Å². The molecule has 1 unspecified atom stereocenters. The molecule has 2 saturated heterocycles. The molecule has 5 heterocycles. The van der Waals surface area contributed by atoms with Crippen molar-refractivity contribution in [3.8, 4) is 23.0 Å². The maximum atomic E-state index is 15.4. The third kappa shape index (κ3) is 8.99. The molecule has 2 aliphatic rings. The summed E-state index contributed by atoms with van der Waals surface area (Å²) in [4.78, 5) is 55.6. The molecular formula is C41H47F2N10O5+. The second-order valence-corrected chi connectivity index (χ2v) is 15.1. The molecule has 0 saturated carbocycles. The lowest BCUT2D eigenvalue weighted by Crippen LogP contribution is -2.54. The van der Waals surface area contributed by atoms with E-state index in [2.05, 4.69) is 42.9 Å². The first kappa shape index (κ1) is 40.0. The van der Waals surface area contributed by atoms with Gasteiger partial charge in [-0.2, -0.15) is 4.39 Å². The van der Waals surface area contributed by atoms with Crippen LogP contribution >= 0.6 is 0 Å². The van der Waals surface area contributed by atoms with Crippen LogP contribution in [0.1, 0.15) is 48.5 Å². The Morgan fingerprint density at radius 1 is 0.966 bits per heavy atom. The molecule has 304 valence electrons. The van der Waals surface area contributed by atoms with Crippen molar-refractivity contribution in [3.63, 3.8) is 0 Å². The quantitative estimate of drug-likeness (QED) is 0.0811. The van der Waals surface area contributed by atoms with Gasteiger partial charge in [-0.05, 0) is 61.2 Å². The maximum Gasteiger partial charge on any atom is 0.407 e. The topological polar surface area (TPSA) is 176 Å². The zero-order chi connectivity index (χ0) is 40.8. The van der Waals surface area contributed by atoms with E-state index in [1.807, 2.05) is 13.0 Å². The number of hydrogen-bond acceptors (Lipinski definition) is 9. The first-order valence-electron chi connectivity index (χ1n) is 19.5. The highest BCUT2D eigenvalue weighted by Crippen LogP contribution is 2.33. The largest absolute Gasteiger partial charge is 0.465 e. The number of carbonyl (C=O) groups is 3. The predicted octanol–water partition coefficient (Wildman–Crippen LogP) is 5.66. The second kappa shape index (κ2) is 17.5. The Kier molecular flexibility index (Phi) is 12.1. The Morgan fingerprint density at radius 2 is 1.74 bits per heavy atom. The van der Waals surface area contributed by atoms with Gasteiger partial charge in [-0.25, -0.2) is 29.1 Å². The fourth-order valence-corrected chi connectivity index (χ4v) is 7.93. The van der Waals surface area contributed by atoms with Crippen molar-refractivity contribution in [2.45, 2.75) is 39.0 Å². The monoisotopic (exact) mass is 797 g/mol. The summed E-state index contributed by atoms with van der Waals surface area (Å²) in [7, 11) is 2.21. The molecule has 17 heteroatoms. The van der Waals surface area contributed by atoms with Crippen LogP contribution in [0.2, 0.25) is 0 Å². The minimum atomic E-state index is -1.19. The van der Waals surface area contributed by atoms with Crippen LogP contribution in [0.5, 0.6) is 11.8 Å². The van der Waals surface area contributed by atoms with Gasteiger partial charge in [0.2, 0.25) is 11.7 Å². The van der Waals surface area contributed by atoms with Crippen LogP contribution in [-0.2, 0) is 11.2 Å². The highest BCUT2D eigenvalue weighted by atomic mass is 19.2. The fourth-order valence-electron chi connectivity index (χ4n) is 7.93. The molecule has 4 N–H and O–H groups in total. The summed E-state index contributed by atoms with van der Waals surface area (Å²) in [6.45, 7) is 6.72. The average Bonchev–Trinajstić information content (AvgIpc) is 3.88. The maximum absolute atomic E-state index is 15.4. The van der Waals surface area contributed by atoms with E-state index < -0.39 is 17.7 Å². The standard InChI is InChI=1S/C41H46F2N10O5/c1-3-27-22-29(50-36-37-49-23-32(52(37)19-17-44-36)31-8-9-33(35(43)34(31)42)58-40-47-15-5-16-48-40)6-7-30(27)39(55)46-14-4-13-45-38(54)28-11-20-53(2,21-12-28)25-26-10-18-51(24-26)41(56)57/h5-9,15-17,19,22-23,26,28H,3-4,10-14,18,20-21,24-25H2,1-2H3,(H3-,44,45,46,50,54,55,56,57)/p+1. The highest BCUT2D eigenvalue weighted by Gasteiger charge is 2.37. The van der Waals surface area contributed by atoms with Gasteiger partial charge in [0, 0.05) is 92.5 Å². The van der Waals surface area contributed by atoms with Crippen molar-refractivity contribution >= 4 is 35.1 Å². The third-order valence-corrected chi connectivity index (χ3v) is 11.1. The lowest BCUT2D eigenvalue weighted by molar-refractivity contribution is -0.917. The number of likely N-dealkylation sites (tertiary alicyclic amines) is 2. The lowest BCUT2D eigenvalue weighted by Gasteiger charge is -2.41. The summed E-state index contributed by atoms with van der Waals surface area (Å²) in [6, 6.07) is 9.52. The van der Waals surface area contributed by atoms with Gasteiger partial charge in [0.15, 0.2) is 23.0 Å². The van der Waals surface area contributed by atoms with Gasteiger partial charge in [-0.3, -0.25) is 14.0 Å². The lowest BCUT2D eigenvalue weighted by atomic mass is 9.93. The number of aryl methyl sites for hydroxylation is 1. The van der Waals surface area contributed by atoms with Crippen LogP contribution in [-0.4, -0.2) is 110 Å². The molecule has 7 rings (SSSR count). The van der Waals surface area contributed by atoms with Crippen molar-refractivity contribution in [1.82, 2.24) is 39.9 Å². The van der Waals surface area contributed by atoms with Crippen LogP contribution in [0.3, 0.4) is 0 Å². The molecule has 2 aromatic carbocycles. The van der Waals surface area contributed by atoms with E-state index in [9.17, 15) is 19.5 Å². The Morgan fingerprint density at radius 3 is 2.48 bits per heavy atom. The van der Waals surface area contributed by atoms with E-state index in [0.29, 0.717) is 73.3 Å². The molecule has 3 aromatic heterocycles. The summed E-state index contributed by atoms with van der Waals surface area (Å²) in [6.07, 6.45) is 10.2. The molecule has 0 aliphatic carbocycles. The van der Waals surface area contributed by atoms with E-state index in [-0.39, 0.29) is 35.1 Å². The second-order valence-electron chi connectivity index (χ2n) is 15.1. The molecule has 0 spiro atoms. The van der Waals surface area contributed by atoms with Crippen molar-refractivity contribution in [2.24, 2.45) is 11.8 Å². The zero-order valence-corrected chi connectivity index (χ0v) is 32.5. The number of carboxylic acid groups (broad SMARTS) is 1. The number of nitrogens with one attached hydrogen (secondary N) is 3. The van der Waals surface area contributed by atoms with E-state index in [1.54, 1.807) is 28.8 Å². The number of anilines is 2. The van der Waals surface area contributed by atoms with Gasteiger partial charge in [-0.15, -0.1) is 0 Å². The number of quaternary nitrogens is 1. The number of benzene rings is 2. The molecule has 0 bridgehead atoms. The molecule has 0 radical (unpaired) electrons. The minimum Gasteiger partial charge on any atom is -0.465 e. The molecule has 15 nitrogen and oxygen atoms in total. The van der Waals surface area contributed by atoms with Crippen LogP contribution in [0.25, 0.3) is 16.9 Å². The van der Waals surface area contributed by atoms with Crippen molar-refractivity contribution < 1.29 is 37.5 Å². The van der Waals surface area contributed by atoms with E-state index in [1.165, 1.54) is 41.8 Å². The van der Waals surface area contributed by atoms with E-state index in [0.717, 1.165) is 48.9 Å². The third-order valence-electron chi connectivity index (χ3n) is 11.1. The van der Waals surface area contributed by atoms with Crippen molar-refractivity contribution in [2.75, 3.05) is 58.2 Å². The van der Waals surface area contributed by atoms with Crippen LogP contribution in [0, 0.1) is 23.5 Å². The Bertz CT molecular complexity index is 2280. The molecule has 5 aromatic rings. The smallest absolute Gasteiger partial charge is 0.407 e. The summed E-state index contributed by atoms with van der Waals surface area (Å²) >= 11 is 0. The van der Waals surface area contributed by atoms with Gasteiger partial charge < -0.3 is 35.2 Å². The SMILES string of the molecule is CCc1cc(Nc2nccn3c(-c4ccc(Oc5ncccn5)c(F)c4F)cnc23)ccc1C(=O)NCCCNC(=O)C1CC[N+](C)(CC2CCN(C(=O)O)C2)CC1. The van der Waals surface area contributed by atoms with Crippen molar-refractivity contribution in [1.29, 1.82) is 0 Å². The number of imidazole rings is 1. The molecule has 2 fully saturated rings. The number of amides is 3. The van der Waals surface area contributed by atoms with Crippen LogP contribution < -0.4 is 20.7 Å². The first-order chi connectivity index (χ1) is 28.0. The molecule has 58 heavy (non-hydrogen) atoms. The Hall–Kier alpha value is -6.23. The first-order valence-corrected chi connectivity index (χ1v) is 19.5. The molecule has 3 amide bonds. The van der Waals surface area contributed by atoms with Gasteiger partial charge in [0.05, 0.1) is 38.6 Å². The van der Waals surface area contributed by atoms with Crippen molar-refractivity contribution in [3.05, 3.63) is 90.1 Å². The number of ether oxygens (including phenoxy) is 1. The number of aromatic nitrogens is 5. The summed E-state index contributed by atoms with van der Waals surface area (Å²) in [5.74, 6) is -2.15. The number of rotatable bonds is 14. The van der Waals surface area contributed by atoms with Gasteiger partial charge in [0.25, 0.3) is 5.91 Å². The number of piperidine rings is 1. The average molecular weight is 798 g/mol. The van der Waals surface area contributed by atoms with Crippen LogP contribution in [0.15, 0.2) is 67.4 Å². The number of fused-ring (bicyclic) bond motifs is 1. The molecular weight excluding hydrogens is 751 g/mol. The summed E-state index contributed by atoms with van der Waals surface area (Å²) < 4.78 is 38.3. The van der Waals surface area contributed by atoms with Gasteiger partial charge in [-0.1, -0.05) is 6.92 Å². The number of hydrogen-bond donors (Lipinski definition) is 4. The van der Waals surface area contributed by atoms with Crippen LogP contribution in [0.4, 0.5) is 25.1 Å². The number of carbonyl (C=O) groups excluding carboxylic acids is 2. The number of halogens is 2. The molecule has 1 atom stereocenters. The zero-order valence-electron chi connectivity index (χ0n) is 32.5. The fraction of sp³-hybridized carbons (Fsp3) is 0.390. The minimum absolute atomic E-state index is 0.0324. The molecule has 2 aliphatic heterocycles. The van der Waals surface area contributed by atoms with Gasteiger partial charge in [0.1, 0.15) is 0 Å². The Labute approximate surface area is 334 Å². The predicted molar refractivity (Wildman–Crippen MR) is 211 cm³/mol. The summed E-state index contributed by atoms with van der Waals surface area (Å²) in [5, 5.41) is 18.5. The highest BCUT2D eigenvalue weighted by molar-refractivity contribution is 5.96. The summed E-state index contributed by atoms with van der Waals surface area (Å²) in [5.41, 5.74) is 2.64. The normalized spacial score (nSPS) is 19.2. The van der Waals surface area contributed by atoms with E-state index >= 15 is 8.78 Å².